The molecule has 0 heterocycles. The highest BCUT2D eigenvalue weighted by molar-refractivity contribution is 5.22. The van der Waals surface area contributed by atoms with Gasteiger partial charge in [0.1, 0.15) is 0 Å². The van der Waals surface area contributed by atoms with Gasteiger partial charge in [0.15, 0.2) is 0 Å². The van der Waals surface area contributed by atoms with Crippen molar-refractivity contribution >= 4 is 0 Å². The van der Waals surface area contributed by atoms with E-state index in [1.54, 1.807) is 0 Å². The lowest BCUT2D eigenvalue weighted by atomic mass is 9.86. The fraction of sp³-hybridized carbons (Fsp3) is 0.684. The van der Waals surface area contributed by atoms with Crippen molar-refractivity contribution in [1.82, 2.24) is 10.2 Å². The molecule has 1 fully saturated rings. The Kier molecular flexibility index (Phi) is 6.72. The van der Waals surface area contributed by atoms with E-state index in [2.05, 4.69) is 55.3 Å². The molecule has 0 bridgehead atoms. The van der Waals surface area contributed by atoms with Crippen molar-refractivity contribution in [1.29, 1.82) is 0 Å². The van der Waals surface area contributed by atoms with Crippen molar-refractivity contribution in [2.24, 2.45) is 5.92 Å². The van der Waals surface area contributed by atoms with Gasteiger partial charge in [-0.1, -0.05) is 57.9 Å². The Morgan fingerprint density at radius 3 is 2.24 bits per heavy atom. The molecule has 118 valence electrons. The molecule has 2 rings (SSSR count). The van der Waals surface area contributed by atoms with Gasteiger partial charge in [-0.05, 0) is 43.0 Å². The van der Waals surface area contributed by atoms with E-state index < -0.39 is 0 Å². The Hall–Kier alpha value is -0.860. The molecular formula is C19H32N2. The van der Waals surface area contributed by atoms with Crippen molar-refractivity contribution < 1.29 is 0 Å². The summed E-state index contributed by atoms with van der Waals surface area (Å²) in [6.07, 6.45) is 5.55. The van der Waals surface area contributed by atoms with Gasteiger partial charge in [-0.2, -0.15) is 0 Å². The van der Waals surface area contributed by atoms with Crippen LogP contribution in [0.1, 0.15) is 57.6 Å². The van der Waals surface area contributed by atoms with E-state index in [0.29, 0.717) is 6.04 Å². The molecule has 2 nitrogen and oxygen atoms in total. The van der Waals surface area contributed by atoms with Crippen molar-refractivity contribution in [3.8, 4) is 0 Å². The summed E-state index contributed by atoms with van der Waals surface area (Å²) in [6, 6.07) is 9.88. The van der Waals surface area contributed by atoms with Crippen LogP contribution in [0.5, 0.6) is 0 Å². The molecule has 2 unspecified atom stereocenters. The van der Waals surface area contributed by atoms with E-state index in [1.807, 2.05) is 0 Å². The Labute approximate surface area is 130 Å². The quantitative estimate of drug-likeness (QED) is 0.809. The first-order chi connectivity index (χ1) is 10.2. The van der Waals surface area contributed by atoms with Crippen molar-refractivity contribution in [2.75, 3.05) is 13.1 Å². The third-order valence-corrected chi connectivity index (χ3v) is 5.00. The fourth-order valence-corrected chi connectivity index (χ4v) is 3.34. The largest absolute Gasteiger partial charge is 0.310 e. The van der Waals surface area contributed by atoms with Crippen LogP contribution < -0.4 is 5.32 Å². The summed E-state index contributed by atoms with van der Waals surface area (Å²) in [7, 11) is 0. The first kappa shape index (κ1) is 16.5. The second-order valence-electron chi connectivity index (χ2n) is 6.53. The summed E-state index contributed by atoms with van der Waals surface area (Å²) < 4.78 is 0. The smallest absolute Gasteiger partial charge is 0.0233 e. The Morgan fingerprint density at radius 2 is 1.62 bits per heavy atom. The zero-order valence-corrected chi connectivity index (χ0v) is 14.1. The summed E-state index contributed by atoms with van der Waals surface area (Å²) in [5, 5.41) is 3.76. The molecule has 0 saturated heterocycles. The van der Waals surface area contributed by atoms with Crippen LogP contribution in [0.2, 0.25) is 0 Å². The Bertz CT molecular complexity index is 395. The molecule has 0 aromatic heterocycles. The Morgan fingerprint density at radius 1 is 1.00 bits per heavy atom. The summed E-state index contributed by atoms with van der Waals surface area (Å²) in [5.74, 6) is 0.834. The molecule has 2 heteroatoms. The fourth-order valence-electron chi connectivity index (χ4n) is 3.34. The lowest BCUT2D eigenvalue weighted by Gasteiger charge is -2.29. The summed E-state index contributed by atoms with van der Waals surface area (Å²) in [6.45, 7) is 11.2. The minimum absolute atomic E-state index is 0.717. The van der Waals surface area contributed by atoms with E-state index in [-0.39, 0.29) is 0 Å². The van der Waals surface area contributed by atoms with Crippen molar-refractivity contribution in [2.45, 2.75) is 65.6 Å². The average Bonchev–Trinajstić information content (AvgIpc) is 2.53. The monoisotopic (exact) mass is 288 g/mol. The molecule has 1 aromatic rings. The molecule has 0 aliphatic heterocycles. The maximum absolute atomic E-state index is 3.76. The highest BCUT2D eigenvalue weighted by Crippen LogP contribution is 2.24. The molecule has 0 radical (unpaired) electrons. The van der Waals surface area contributed by atoms with Crippen LogP contribution in [0.15, 0.2) is 24.3 Å². The molecule has 1 aliphatic rings. The van der Waals surface area contributed by atoms with Gasteiger partial charge in [0, 0.05) is 19.1 Å². The maximum atomic E-state index is 3.76. The number of hydrogen-bond donors (Lipinski definition) is 1. The normalized spacial score (nSPS) is 22.7. The van der Waals surface area contributed by atoms with Crippen molar-refractivity contribution in [3.05, 3.63) is 35.4 Å². The van der Waals surface area contributed by atoms with Gasteiger partial charge in [-0.15, -0.1) is 0 Å². The van der Waals surface area contributed by atoms with Gasteiger partial charge in [-0.3, -0.25) is 4.90 Å². The highest BCUT2D eigenvalue weighted by atomic mass is 15.1. The molecule has 1 aromatic carbocycles. The zero-order valence-electron chi connectivity index (χ0n) is 14.1. The number of hydrogen-bond acceptors (Lipinski definition) is 2. The zero-order chi connectivity index (χ0) is 15.1. The van der Waals surface area contributed by atoms with Crippen LogP contribution >= 0.6 is 0 Å². The van der Waals surface area contributed by atoms with Gasteiger partial charge in [0.2, 0.25) is 0 Å². The molecular weight excluding hydrogens is 256 g/mol. The number of benzene rings is 1. The number of rotatable bonds is 7. The van der Waals surface area contributed by atoms with Crippen LogP contribution in [0, 0.1) is 5.92 Å². The second-order valence-corrected chi connectivity index (χ2v) is 6.53. The number of nitrogens with one attached hydrogen (secondary N) is 1. The van der Waals surface area contributed by atoms with Gasteiger partial charge < -0.3 is 5.32 Å². The summed E-state index contributed by atoms with van der Waals surface area (Å²) >= 11 is 0. The van der Waals surface area contributed by atoms with Gasteiger partial charge in [-0.25, -0.2) is 0 Å². The first-order valence-corrected chi connectivity index (χ1v) is 8.76. The third kappa shape index (κ3) is 5.12. The number of nitrogens with zero attached hydrogens (tertiary/aromatic N) is 1. The van der Waals surface area contributed by atoms with Crippen LogP contribution in [0.4, 0.5) is 0 Å². The lowest BCUT2D eigenvalue weighted by molar-refractivity contribution is 0.279. The molecule has 2 atom stereocenters. The van der Waals surface area contributed by atoms with Crippen LogP contribution in [-0.4, -0.2) is 24.0 Å². The summed E-state index contributed by atoms with van der Waals surface area (Å²) in [5.41, 5.74) is 2.84. The standard InChI is InChI=1S/C19H32N2/c1-4-21(5-2)15-18-12-10-17(11-13-18)14-20-19-9-7-6-8-16(19)3/h10-13,16,19-20H,4-9,14-15H2,1-3H3. The maximum Gasteiger partial charge on any atom is 0.0233 e. The molecule has 0 spiro atoms. The molecule has 1 aliphatic carbocycles. The van der Waals surface area contributed by atoms with Gasteiger partial charge in [0.05, 0.1) is 0 Å². The van der Waals surface area contributed by atoms with E-state index in [0.717, 1.165) is 32.1 Å². The van der Waals surface area contributed by atoms with E-state index >= 15 is 0 Å². The lowest BCUT2D eigenvalue weighted by Crippen LogP contribution is -2.36. The minimum atomic E-state index is 0.717. The van der Waals surface area contributed by atoms with E-state index in [9.17, 15) is 0 Å². The predicted octanol–water partition coefficient (Wildman–Crippen LogP) is 4.20. The second kappa shape index (κ2) is 8.55. The molecule has 1 saturated carbocycles. The van der Waals surface area contributed by atoms with Gasteiger partial charge >= 0.3 is 0 Å². The molecule has 1 N–H and O–H groups in total. The Balaban J connectivity index is 1.81. The van der Waals surface area contributed by atoms with Crippen LogP contribution in [0.25, 0.3) is 0 Å². The van der Waals surface area contributed by atoms with E-state index in [4.69, 9.17) is 0 Å². The topological polar surface area (TPSA) is 15.3 Å². The highest BCUT2D eigenvalue weighted by Gasteiger charge is 2.20. The van der Waals surface area contributed by atoms with Crippen molar-refractivity contribution in [3.63, 3.8) is 0 Å². The predicted molar refractivity (Wildman–Crippen MR) is 91.3 cm³/mol. The third-order valence-electron chi connectivity index (χ3n) is 5.00. The SMILES string of the molecule is CCN(CC)Cc1ccc(CNC2CCCCC2C)cc1. The van der Waals surface area contributed by atoms with Gasteiger partial charge in [0.25, 0.3) is 0 Å². The molecule has 0 amide bonds. The summed E-state index contributed by atoms with van der Waals surface area (Å²) in [4.78, 5) is 2.46. The first-order valence-electron chi connectivity index (χ1n) is 8.76. The minimum Gasteiger partial charge on any atom is -0.310 e. The van der Waals surface area contributed by atoms with Crippen LogP contribution in [-0.2, 0) is 13.1 Å². The average molecular weight is 288 g/mol. The molecule has 21 heavy (non-hydrogen) atoms. The van der Waals surface area contributed by atoms with Crippen LogP contribution in [0.3, 0.4) is 0 Å². The van der Waals surface area contributed by atoms with E-state index in [1.165, 1.54) is 36.8 Å².